The van der Waals surface area contributed by atoms with Gasteiger partial charge in [-0.25, -0.2) is 4.98 Å². The van der Waals surface area contributed by atoms with Gasteiger partial charge in [-0.05, 0) is 73.3 Å². The van der Waals surface area contributed by atoms with Crippen LogP contribution in [-0.4, -0.2) is 39.4 Å². The lowest BCUT2D eigenvalue weighted by molar-refractivity contribution is -0.133. The van der Waals surface area contributed by atoms with Crippen LogP contribution >= 0.6 is 0 Å². The molecule has 2 amide bonds. The Balaban J connectivity index is 1.41. The van der Waals surface area contributed by atoms with Gasteiger partial charge in [-0.1, -0.05) is 13.0 Å². The number of nitriles is 1. The lowest BCUT2D eigenvalue weighted by Gasteiger charge is -2.37. The molecule has 7 heteroatoms. The molecule has 2 aromatic heterocycles. The van der Waals surface area contributed by atoms with E-state index >= 15 is 0 Å². The van der Waals surface area contributed by atoms with Crippen LogP contribution in [0.5, 0.6) is 0 Å². The summed E-state index contributed by atoms with van der Waals surface area (Å²) in [6, 6.07) is 8.75. The fraction of sp³-hybridized carbons (Fsp3) is 0.429. The lowest BCUT2D eigenvalue weighted by atomic mass is 9.81. The van der Waals surface area contributed by atoms with Gasteiger partial charge in [0.15, 0.2) is 0 Å². The largest absolute Gasteiger partial charge is 0.342 e. The number of aryl methyl sites for hydroxylation is 2. The van der Waals surface area contributed by atoms with Gasteiger partial charge in [-0.3, -0.25) is 9.59 Å². The lowest BCUT2D eigenvalue weighted by Crippen LogP contribution is -2.42. The van der Waals surface area contributed by atoms with E-state index in [9.17, 15) is 9.59 Å². The number of amides is 2. The first-order chi connectivity index (χ1) is 16.9. The molecule has 0 bridgehead atoms. The van der Waals surface area contributed by atoms with Crippen LogP contribution in [0.3, 0.4) is 0 Å². The van der Waals surface area contributed by atoms with E-state index in [1.54, 1.807) is 30.5 Å². The SMILES string of the molecule is Cc1c(NC(=O)c2cccc(C#N)c2)cnc2c1c([C@@H]1CCN(C(=O)CC3CC3)C[C@@H]1C)cn2C. The van der Waals surface area contributed by atoms with Gasteiger partial charge in [0.05, 0.1) is 23.5 Å². The predicted octanol–water partition coefficient (Wildman–Crippen LogP) is 4.76. The van der Waals surface area contributed by atoms with Crippen molar-refractivity contribution >= 4 is 28.5 Å². The number of hydrogen-bond acceptors (Lipinski definition) is 4. The van der Waals surface area contributed by atoms with E-state index in [0.717, 1.165) is 36.1 Å². The average Bonchev–Trinajstić information content (AvgIpc) is 3.61. The number of carbonyl (C=O) groups is 2. The molecular formula is C28H31N5O2. The fourth-order valence-corrected chi connectivity index (χ4v) is 5.40. The molecule has 0 radical (unpaired) electrons. The highest BCUT2D eigenvalue weighted by atomic mass is 16.2. The summed E-state index contributed by atoms with van der Waals surface area (Å²) >= 11 is 0. The molecule has 35 heavy (non-hydrogen) atoms. The highest BCUT2D eigenvalue weighted by Crippen LogP contribution is 2.40. The molecule has 1 saturated carbocycles. The summed E-state index contributed by atoms with van der Waals surface area (Å²) < 4.78 is 2.05. The summed E-state index contributed by atoms with van der Waals surface area (Å²) in [6.07, 6.45) is 7.89. The summed E-state index contributed by atoms with van der Waals surface area (Å²) in [7, 11) is 2.00. The van der Waals surface area contributed by atoms with Crippen molar-refractivity contribution in [1.82, 2.24) is 14.5 Å². The Labute approximate surface area is 205 Å². The van der Waals surface area contributed by atoms with Gasteiger partial charge in [-0.2, -0.15) is 5.26 Å². The minimum atomic E-state index is -0.264. The maximum absolute atomic E-state index is 12.9. The van der Waals surface area contributed by atoms with E-state index in [-0.39, 0.29) is 5.91 Å². The van der Waals surface area contributed by atoms with Crippen LogP contribution in [0, 0.1) is 30.1 Å². The van der Waals surface area contributed by atoms with E-state index in [1.807, 2.05) is 14.0 Å². The monoisotopic (exact) mass is 469 g/mol. The standard InChI is InChI=1S/C28H31N5O2/c1-17-15-33(25(34)12-19-7-8-19)10-9-22(17)23-16-32(3)27-26(23)18(2)24(14-30-27)31-28(35)21-6-4-5-20(11-21)13-29/h4-6,11,14,16-17,19,22H,7-10,12,15H2,1-3H3,(H,31,35)/t17-,22+/m0/s1. The molecular weight excluding hydrogens is 438 g/mol. The molecule has 7 nitrogen and oxygen atoms in total. The van der Waals surface area contributed by atoms with Crippen molar-refractivity contribution < 1.29 is 9.59 Å². The van der Waals surface area contributed by atoms with Gasteiger partial charge in [0, 0.05) is 43.7 Å². The Bertz CT molecular complexity index is 1350. The number of pyridine rings is 1. The molecule has 1 aliphatic carbocycles. The van der Waals surface area contributed by atoms with Gasteiger partial charge < -0.3 is 14.8 Å². The zero-order valence-corrected chi connectivity index (χ0v) is 20.5. The second-order valence-electron chi connectivity index (χ2n) is 10.2. The molecule has 2 atom stereocenters. The summed E-state index contributed by atoms with van der Waals surface area (Å²) in [5, 5.41) is 13.2. The Morgan fingerprint density at radius 2 is 2.06 bits per heavy atom. The third-order valence-corrected chi connectivity index (χ3v) is 7.59. The van der Waals surface area contributed by atoms with Crippen molar-refractivity contribution in [3.05, 3.63) is 58.9 Å². The number of fused-ring (bicyclic) bond motifs is 1. The molecule has 1 N–H and O–H groups in total. The van der Waals surface area contributed by atoms with Crippen molar-refractivity contribution in [1.29, 1.82) is 5.26 Å². The molecule has 1 aliphatic heterocycles. The number of piperidine rings is 1. The van der Waals surface area contributed by atoms with Crippen molar-refractivity contribution in [2.75, 3.05) is 18.4 Å². The Morgan fingerprint density at radius 3 is 2.77 bits per heavy atom. The number of rotatable bonds is 5. The first kappa shape index (κ1) is 23.1. The molecule has 1 aromatic carbocycles. The molecule has 5 rings (SSSR count). The topological polar surface area (TPSA) is 91.0 Å². The van der Waals surface area contributed by atoms with Crippen molar-refractivity contribution in [3.8, 4) is 6.07 Å². The van der Waals surface area contributed by atoms with Gasteiger partial charge in [0.25, 0.3) is 5.91 Å². The third-order valence-electron chi connectivity index (χ3n) is 7.59. The van der Waals surface area contributed by atoms with Crippen LogP contribution in [0.2, 0.25) is 0 Å². The minimum absolute atomic E-state index is 0.264. The zero-order chi connectivity index (χ0) is 24.7. The first-order valence-electron chi connectivity index (χ1n) is 12.4. The molecule has 2 fully saturated rings. The van der Waals surface area contributed by atoms with E-state index in [1.165, 1.54) is 18.4 Å². The predicted molar refractivity (Wildman–Crippen MR) is 135 cm³/mol. The maximum Gasteiger partial charge on any atom is 0.255 e. The highest BCUT2D eigenvalue weighted by Gasteiger charge is 2.34. The zero-order valence-electron chi connectivity index (χ0n) is 20.5. The molecule has 3 aromatic rings. The number of anilines is 1. The Kier molecular flexibility index (Phi) is 6.06. The summed E-state index contributed by atoms with van der Waals surface area (Å²) in [4.78, 5) is 32.3. The van der Waals surface area contributed by atoms with Crippen molar-refractivity contribution in [2.45, 2.75) is 45.4 Å². The van der Waals surface area contributed by atoms with Crippen LogP contribution in [0.25, 0.3) is 11.0 Å². The summed E-state index contributed by atoms with van der Waals surface area (Å²) in [6.45, 7) is 5.82. The van der Waals surface area contributed by atoms with Gasteiger partial charge in [0.2, 0.25) is 5.91 Å². The molecule has 1 saturated heterocycles. The van der Waals surface area contributed by atoms with E-state index < -0.39 is 0 Å². The van der Waals surface area contributed by atoms with E-state index in [2.05, 4.69) is 39.0 Å². The summed E-state index contributed by atoms with van der Waals surface area (Å²) in [5.41, 5.74) is 4.66. The van der Waals surface area contributed by atoms with E-state index in [4.69, 9.17) is 5.26 Å². The van der Waals surface area contributed by atoms with Crippen molar-refractivity contribution in [2.24, 2.45) is 18.9 Å². The van der Waals surface area contributed by atoms with Gasteiger partial charge >= 0.3 is 0 Å². The second kappa shape index (κ2) is 9.18. The number of nitrogens with zero attached hydrogens (tertiary/aromatic N) is 4. The molecule has 0 unspecified atom stereocenters. The Hall–Kier alpha value is -3.66. The maximum atomic E-state index is 12.9. The summed E-state index contributed by atoms with van der Waals surface area (Å²) in [5.74, 6) is 1.31. The van der Waals surface area contributed by atoms with Crippen LogP contribution in [0.1, 0.15) is 65.6 Å². The van der Waals surface area contributed by atoms with Crippen LogP contribution < -0.4 is 5.32 Å². The van der Waals surface area contributed by atoms with Crippen LogP contribution in [0.15, 0.2) is 36.7 Å². The molecule has 180 valence electrons. The fourth-order valence-electron chi connectivity index (χ4n) is 5.40. The number of aromatic nitrogens is 2. The van der Waals surface area contributed by atoms with Crippen LogP contribution in [0.4, 0.5) is 5.69 Å². The quantitative estimate of drug-likeness (QED) is 0.583. The highest BCUT2D eigenvalue weighted by molar-refractivity contribution is 6.06. The van der Waals surface area contributed by atoms with Gasteiger partial charge in [-0.15, -0.1) is 0 Å². The number of nitrogens with one attached hydrogen (secondary N) is 1. The second-order valence-corrected chi connectivity index (χ2v) is 10.2. The third kappa shape index (κ3) is 4.53. The van der Waals surface area contributed by atoms with Crippen LogP contribution in [-0.2, 0) is 11.8 Å². The first-order valence-corrected chi connectivity index (χ1v) is 12.4. The minimum Gasteiger partial charge on any atom is -0.342 e. The number of hydrogen-bond donors (Lipinski definition) is 1. The Morgan fingerprint density at radius 1 is 1.26 bits per heavy atom. The molecule has 0 spiro atoms. The normalized spacial score (nSPS) is 20.0. The van der Waals surface area contributed by atoms with Gasteiger partial charge in [0.1, 0.15) is 5.65 Å². The molecule has 2 aliphatic rings. The molecule has 3 heterocycles. The van der Waals surface area contributed by atoms with E-state index in [0.29, 0.717) is 46.9 Å². The smallest absolute Gasteiger partial charge is 0.255 e. The number of benzene rings is 1. The number of likely N-dealkylation sites (tertiary alicyclic amines) is 1. The number of carbonyl (C=O) groups excluding carboxylic acids is 2. The van der Waals surface area contributed by atoms with Crippen molar-refractivity contribution in [3.63, 3.8) is 0 Å². The average molecular weight is 470 g/mol.